The molecule has 4 rings (SSSR count). The van der Waals surface area contributed by atoms with Gasteiger partial charge in [-0.15, -0.1) is 0 Å². The molecule has 2 aromatic carbocycles. The zero-order chi connectivity index (χ0) is 15.8. The van der Waals surface area contributed by atoms with Crippen molar-refractivity contribution in [2.24, 2.45) is 0 Å². The number of para-hydroxylation sites is 1. The zero-order valence-electron chi connectivity index (χ0n) is 12.5. The van der Waals surface area contributed by atoms with Gasteiger partial charge < -0.3 is 9.73 Å². The molecular formula is C18H16N2O3. The molecule has 0 amide bonds. The fourth-order valence-corrected chi connectivity index (χ4v) is 3.33. The van der Waals surface area contributed by atoms with Crippen molar-refractivity contribution in [1.82, 2.24) is 5.32 Å². The normalized spacial score (nSPS) is 17.1. The van der Waals surface area contributed by atoms with Crippen molar-refractivity contribution in [2.45, 2.75) is 19.0 Å². The summed E-state index contributed by atoms with van der Waals surface area (Å²) >= 11 is 0. The first kappa shape index (κ1) is 14.0. The molecule has 0 saturated heterocycles. The lowest BCUT2D eigenvalue weighted by Gasteiger charge is -2.23. The molecular weight excluding hydrogens is 292 g/mol. The first-order chi connectivity index (χ1) is 11.2. The Morgan fingerprint density at radius 1 is 1.22 bits per heavy atom. The van der Waals surface area contributed by atoms with Gasteiger partial charge in [-0.25, -0.2) is 0 Å². The number of nitro groups is 1. The highest BCUT2D eigenvalue weighted by Crippen LogP contribution is 2.36. The predicted molar refractivity (Wildman–Crippen MR) is 86.9 cm³/mol. The molecule has 1 aliphatic rings. The number of furan rings is 1. The average Bonchev–Trinajstić information content (AvgIpc) is 2.93. The molecule has 23 heavy (non-hydrogen) atoms. The highest BCUT2D eigenvalue weighted by molar-refractivity contribution is 5.82. The highest BCUT2D eigenvalue weighted by Gasteiger charge is 2.27. The number of fused-ring (bicyclic) bond motifs is 3. The lowest BCUT2D eigenvalue weighted by Crippen LogP contribution is -2.29. The van der Waals surface area contributed by atoms with E-state index in [0.29, 0.717) is 5.56 Å². The van der Waals surface area contributed by atoms with E-state index < -0.39 is 0 Å². The Kier molecular flexibility index (Phi) is 3.35. The molecule has 0 spiro atoms. The summed E-state index contributed by atoms with van der Waals surface area (Å²) in [6.07, 6.45) is 0.928. The van der Waals surface area contributed by atoms with Crippen LogP contribution in [0.2, 0.25) is 0 Å². The quantitative estimate of drug-likeness (QED) is 0.594. The molecule has 0 fully saturated rings. The van der Waals surface area contributed by atoms with Crippen molar-refractivity contribution in [3.63, 3.8) is 0 Å². The molecule has 116 valence electrons. The molecule has 5 heteroatoms. The van der Waals surface area contributed by atoms with Crippen molar-refractivity contribution < 1.29 is 9.34 Å². The van der Waals surface area contributed by atoms with Crippen LogP contribution in [0.5, 0.6) is 0 Å². The second-order valence-electron chi connectivity index (χ2n) is 5.81. The summed E-state index contributed by atoms with van der Waals surface area (Å²) in [6, 6.07) is 15.5. The number of benzene rings is 2. The van der Waals surface area contributed by atoms with Gasteiger partial charge in [0.05, 0.1) is 6.04 Å². The van der Waals surface area contributed by atoms with Crippen LogP contribution in [0, 0.1) is 10.1 Å². The molecule has 0 bridgehead atoms. The third kappa shape index (κ3) is 2.49. The van der Waals surface area contributed by atoms with Gasteiger partial charge in [-0.2, -0.15) is 0 Å². The van der Waals surface area contributed by atoms with Crippen LogP contribution < -0.4 is 5.32 Å². The van der Waals surface area contributed by atoms with Crippen LogP contribution in [-0.4, -0.2) is 11.5 Å². The molecule has 1 unspecified atom stereocenters. The average molecular weight is 308 g/mol. The SMILES string of the molecule is O=[N+]([O-])Cc1cccc(C2NCCc3c2oc2ccccc32)c1. The van der Waals surface area contributed by atoms with Gasteiger partial charge in [0, 0.05) is 28.0 Å². The molecule has 3 aromatic rings. The molecule has 2 heterocycles. The van der Waals surface area contributed by atoms with Gasteiger partial charge in [-0.3, -0.25) is 10.1 Å². The Bertz CT molecular complexity index is 885. The number of hydrogen-bond acceptors (Lipinski definition) is 4. The maximum atomic E-state index is 10.7. The van der Waals surface area contributed by atoms with Gasteiger partial charge in [-0.05, 0) is 24.1 Å². The smallest absolute Gasteiger partial charge is 0.228 e. The second kappa shape index (κ2) is 5.52. The van der Waals surface area contributed by atoms with E-state index in [0.717, 1.165) is 35.3 Å². The fraction of sp³-hybridized carbons (Fsp3) is 0.222. The lowest BCUT2D eigenvalue weighted by atomic mass is 9.94. The van der Waals surface area contributed by atoms with E-state index in [1.807, 2.05) is 36.4 Å². The summed E-state index contributed by atoms with van der Waals surface area (Å²) in [5.74, 6) is 0.927. The largest absolute Gasteiger partial charge is 0.459 e. The van der Waals surface area contributed by atoms with Gasteiger partial charge in [0.15, 0.2) is 0 Å². The van der Waals surface area contributed by atoms with Gasteiger partial charge in [-0.1, -0.05) is 36.4 Å². The Morgan fingerprint density at radius 3 is 2.96 bits per heavy atom. The third-order valence-electron chi connectivity index (χ3n) is 4.31. The van der Waals surface area contributed by atoms with Gasteiger partial charge in [0.2, 0.25) is 6.54 Å². The van der Waals surface area contributed by atoms with Crippen molar-refractivity contribution in [1.29, 1.82) is 0 Å². The first-order valence-corrected chi connectivity index (χ1v) is 7.67. The molecule has 0 radical (unpaired) electrons. The monoisotopic (exact) mass is 308 g/mol. The van der Waals surface area contributed by atoms with E-state index in [-0.39, 0.29) is 17.5 Å². The summed E-state index contributed by atoms with van der Waals surface area (Å²) in [5, 5.41) is 15.4. The second-order valence-corrected chi connectivity index (χ2v) is 5.81. The van der Waals surface area contributed by atoms with Crippen LogP contribution in [0.1, 0.15) is 28.5 Å². The number of nitrogens with zero attached hydrogens (tertiary/aromatic N) is 1. The van der Waals surface area contributed by atoms with Crippen LogP contribution >= 0.6 is 0 Å². The van der Waals surface area contributed by atoms with Crippen molar-refractivity contribution >= 4 is 11.0 Å². The van der Waals surface area contributed by atoms with E-state index >= 15 is 0 Å². The van der Waals surface area contributed by atoms with Crippen LogP contribution in [0.4, 0.5) is 0 Å². The molecule has 1 aliphatic heterocycles. The Morgan fingerprint density at radius 2 is 2.09 bits per heavy atom. The maximum absolute atomic E-state index is 10.7. The predicted octanol–water partition coefficient (Wildman–Crippen LogP) is 3.44. The van der Waals surface area contributed by atoms with Crippen molar-refractivity contribution in [3.05, 3.63) is 81.1 Å². The minimum Gasteiger partial charge on any atom is -0.459 e. The molecule has 1 aromatic heterocycles. The summed E-state index contributed by atoms with van der Waals surface area (Å²) in [4.78, 5) is 10.4. The van der Waals surface area contributed by atoms with Crippen LogP contribution in [0.25, 0.3) is 11.0 Å². The maximum Gasteiger partial charge on any atom is 0.228 e. The minimum atomic E-state index is -0.306. The van der Waals surface area contributed by atoms with Gasteiger partial charge >= 0.3 is 0 Å². The Labute approximate surface area is 133 Å². The standard InChI is InChI=1S/C18H16N2O3/c21-20(22)11-12-4-3-5-13(10-12)17-18-15(8-9-19-17)14-6-1-2-7-16(14)23-18/h1-7,10,17,19H,8-9,11H2. The van der Waals surface area contributed by atoms with E-state index in [9.17, 15) is 10.1 Å². The molecule has 0 saturated carbocycles. The Hall–Kier alpha value is -2.66. The summed E-state index contributed by atoms with van der Waals surface area (Å²) in [7, 11) is 0. The van der Waals surface area contributed by atoms with E-state index in [4.69, 9.17) is 4.42 Å². The minimum absolute atomic E-state index is 0.0575. The molecule has 5 nitrogen and oxygen atoms in total. The van der Waals surface area contributed by atoms with Gasteiger partial charge in [0.25, 0.3) is 0 Å². The van der Waals surface area contributed by atoms with E-state index in [1.54, 1.807) is 6.07 Å². The Balaban J connectivity index is 1.78. The van der Waals surface area contributed by atoms with Crippen molar-refractivity contribution in [3.8, 4) is 0 Å². The van der Waals surface area contributed by atoms with Crippen LogP contribution in [-0.2, 0) is 13.0 Å². The molecule has 1 atom stereocenters. The molecule has 0 aliphatic carbocycles. The number of hydrogen-bond donors (Lipinski definition) is 1. The zero-order valence-corrected chi connectivity index (χ0v) is 12.5. The van der Waals surface area contributed by atoms with Crippen LogP contribution in [0.3, 0.4) is 0 Å². The molecule has 1 N–H and O–H groups in total. The van der Waals surface area contributed by atoms with E-state index in [1.165, 1.54) is 5.56 Å². The first-order valence-electron chi connectivity index (χ1n) is 7.67. The fourth-order valence-electron chi connectivity index (χ4n) is 3.33. The summed E-state index contributed by atoms with van der Waals surface area (Å²) in [6.45, 7) is 0.703. The summed E-state index contributed by atoms with van der Waals surface area (Å²) < 4.78 is 6.08. The number of nitrogens with one attached hydrogen (secondary N) is 1. The summed E-state index contributed by atoms with van der Waals surface area (Å²) in [5.41, 5.74) is 3.85. The van der Waals surface area contributed by atoms with E-state index in [2.05, 4.69) is 11.4 Å². The lowest BCUT2D eigenvalue weighted by molar-refractivity contribution is -0.496. The number of rotatable bonds is 3. The van der Waals surface area contributed by atoms with Crippen LogP contribution in [0.15, 0.2) is 52.9 Å². The van der Waals surface area contributed by atoms with Gasteiger partial charge in [0.1, 0.15) is 11.3 Å². The highest BCUT2D eigenvalue weighted by atomic mass is 16.6. The topological polar surface area (TPSA) is 68.3 Å². The van der Waals surface area contributed by atoms with Crippen molar-refractivity contribution in [2.75, 3.05) is 6.54 Å². The third-order valence-corrected chi connectivity index (χ3v) is 4.31.